The SMILES string of the molecule is O=C(Cc1cc(-c2cnn3cc(-c4cc[nH]c(=O)c4)cnc23)cs1)NCC(F)(F)F. The standard InChI is InChI=1S/C19H14F3N5O2S/c20-19(21,22)10-25-17(29)5-14-3-12(9-30-14)15-7-26-27-8-13(6-24-18(15)27)11-1-2-23-16(28)4-11/h1-4,6-9H,5,10H2,(H,23,28)(H,25,29). The molecular formula is C19H14F3N5O2S. The Balaban J connectivity index is 1.54. The first-order valence-corrected chi connectivity index (χ1v) is 9.60. The molecule has 0 saturated heterocycles. The van der Waals surface area contributed by atoms with E-state index in [1.54, 1.807) is 46.8 Å². The van der Waals surface area contributed by atoms with E-state index in [9.17, 15) is 22.8 Å². The van der Waals surface area contributed by atoms with Crippen molar-refractivity contribution in [3.05, 3.63) is 63.6 Å². The van der Waals surface area contributed by atoms with Crippen LogP contribution in [0.15, 0.2) is 53.2 Å². The largest absolute Gasteiger partial charge is 0.405 e. The molecule has 4 heterocycles. The number of aromatic nitrogens is 4. The van der Waals surface area contributed by atoms with Crippen LogP contribution in [0.25, 0.3) is 27.9 Å². The number of thiophene rings is 1. The van der Waals surface area contributed by atoms with Gasteiger partial charge in [0.05, 0.1) is 12.6 Å². The number of pyridine rings is 1. The number of nitrogens with one attached hydrogen (secondary N) is 2. The van der Waals surface area contributed by atoms with Gasteiger partial charge >= 0.3 is 6.18 Å². The van der Waals surface area contributed by atoms with Crippen molar-refractivity contribution in [2.24, 2.45) is 0 Å². The van der Waals surface area contributed by atoms with Gasteiger partial charge in [-0.2, -0.15) is 18.3 Å². The van der Waals surface area contributed by atoms with Crippen LogP contribution in [-0.4, -0.2) is 38.2 Å². The quantitative estimate of drug-likeness (QED) is 0.506. The molecule has 7 nitrogen and oxygen atoms in total. The molecule has 0 atom stereocenters. The van der Waals surface area contributed by atoms with Crippen LogP contribution in [0.4, 0.5) is 13.2 Å². The highest BCUT2D eigenvalue weighted by Gasteiger charge is 2.27. The molecule has 0 bridgehead atoms. The molecule has 30 heavy (non-hydrogen) atoms. The summed E-state index contributed by atoms with van der Waals surface area (Å²) in [6.07, 6.45) is 1.98. The molecule has 11 heteroatoms. The molecule has 0 aliphatic carbocycles. The first-order chi connectivity index (χ1) is 14.3. The van der Waals surface area contributed by atoms with Gasteiger partial charge in [0, 0.05) is 40.7 Å². The second kappa shape index (κ2) is 7.75. The summed E-state index contributed by atoms with van der Waals surface area (Å²) >= 11 is 1.27. The molecule has 0 radical (unpaired) electrons. The smallest absolute Gasteiger partial charge is 0.347 e. The lowest BCUT2D eigenvalue weighted by Gasteiger charge is -2.07. The third kappa shape index (κ3) is 4.40. The summed E-state index contributed by atoms with van der Waals surface area (Å²) in [5.41, 5.74) is 3.27. The van der Waals surface area contributed by atoms with Crippen molar-refractivity contribution in [2.75, 3.05) is 6.54 Å². The predicted octanol–water partition coefficient (Wildman–Crippen LogP) is 3.03. The molecule has 0 saturated carbocycles. The highest BCUT2D eigenvalue weighted by atomic mass is 32.1. The molecule has 4 rings (SSSR count). The summed E-state index contributed by atoms with van der Waals surface area (Å²) in [5, 5.41) is 7.96. The molecule has 0 aromatic carbocycles. The fourth-order valence-electron chi connectivity index (χ4n) is 2.89. The third-order valence-electron chi connectivity index (χ3n) is 4.25. The predicted molar refractivity (Wildman–Crippen MR) is 105 cm³/mol. The van der Waals surface area contributed by atoms with Crippen LogP contribution in [-0.2, 0) is 11.2 Å². The third-order valence-corrected chi connectivity index (χ3v) is 5.19. The van der Waals surface area contributed by atoms with Gasteiger partial charge < -0.3 is 10.3 Å². The monoisotopic (exact) mass is 433 g/mol. The lowest BCUT2D eigenvalue weighted by molar-refractivity contribution is -0.138. The van der Waals surface area contributed by atoms with Crippen LogP contribution in [0.2, 0.25) is 0 Å². The second-order valence-electron chi connectivity index (χ2n) is 6.48. The van der Waals surface area contributed by atoms with Crippen LogP contribution >= 0.6 is 11.3 Å². The van der Waals surface area contributed by atoms with E-state index in [0.29, 0.717) is 16.1 Å². The Kier molecular flexibility index (Phi) is 5.12. The minimum absolute atomic E-state index is 0.139. The Bertz CT molecular complexity index is 1270. The van der Waals surface area contributed by atoms with Crippen molar-refractivity contribution in [3.8, 4) is 22.3 Å². The summed E-state index contributed by atoms with van der Waals surface area (Å²) in [4.78, 5) is 30.8. The number of hydrogen-bond donors (Lipinski definition) is 2. The van der Waals surface area contributed by atoms with Gasteiger partial charge in [-0.3, -0.25) is 9.59 Å². The van der Waals surface area contributed by atoms with Crippen molar-refractivity contribution < 1.29 is 18.0 Å². The molecule has 0 fully saturated rings. The maximum Gasteiger partial charge on any atom is 0.405 e. The Hall–Kier alpha value is -3.47. The van der Waals surface area contributed by atoms with Gasteiger partial charge in [0.1, 0.15) is 6.54 Å². The maximum atomic E-state index is 12.2. The number of carbonyl (C=O) groups excluding carboxylic acids is 1. The van der Waals surface area contributed by atoms with E-state index in [1.165, 1.54) is 17.4 Å². The van der Waals surface area contributed by atoms with E-state index in [1.807, 2.05) is 5.32 Å². The second-order valence-corrected chi connectivity index (χ2v) is 7.48. The zero-order valence-electron chi connectivity index (χ0n) is 15.2. The minimum atomic E-state index is -4.44. The number of rotatable bonds is 5. The molecule has 4 aromatic heterocycles. The highest BCUT2D eigenvalue weighted by molar-refractivity contribution is 7.10. The van der Waals surface area contributed by atoms with E-state index in [4.69, 9.17) is 0 Å². The molecule has 1 amide bonds. The molecule has 4 aromatic rings. The Morgan fingerprint density at radius 1 is 1.20 bits per heavy atom. The normalized spacial score (nSPS) is 11.7. The molecule has 0 aliphatic heterocycles. The summed E-state index contributed by atoms with van der Waals surface area (Å²) in [7, 11) is 0. The zero-order valence-corrected chi connectivity index (χ0v) is 16.0. The first-order valence-electron chi connectivity index (χ1n) is 8.72. The van der Waals surface area contributed by atoms with Gasteiger partial charge in [-0.25, -0.2) is 9.50 Å². The van der Waals surface area contributed by atoms with Gasteiger partial charge in [0.25, 0.3) is 0 Å². The number of hydrogen-bond acceptors (Lipinski definition) is 5. The lowest BCUT2D eigenvalue weighted by Crippen LogP contribution is -2.34. The molecule has 2 N–H and O–H groups in total. The molecule has 0 spiro atoms. The molecule has 0 unspecified atom stereocenters. The number of nitrogens with zero attached hydrogens (tertiary/aromatic N) is 3. The van der Waals surface area contributed by atoms with Crippen molar-refractivity contribution in [1.82, 2.24) is 24.9 Å². The van der Waals surface area contributed by atoms with Crippen molar-refractivity contribution in [3.63, 3.8) is 0 Å². The summed E-state index contributed by atoms with van der Waals surface area (Å²) in [6.45, 7) is -1.35. The minimum Gasteiger partial charge on any atom is -0.347 e. The lowest BCUT2D eigenvalue weighted by atomic mass is 10.1. The van der Waals surface area contributed by atoms with Crippen molar-refractivity contribution in [2.45, 2.75) is 12.6 Å². The summed E-state index contributed by atoms with van der Waals surface area (Å²) in [5.74, 6) is -0.693. The van der Waals surface area contributed by atoms with Gasteiger partial charge in [-0.05, 0) is 28.6 Å². The Labute approximate surface area is 171 Å². The number of H-pyrrole nitrogens is 1. The van der Waals surface area contributed by atoms with E-state index in [-0.39, 0.29) is 12.0 Å². The number of aromatic amines is 1. The summed E-state index contributed by atoms with van der Waals surface area (Å²) < 4.78 is 38.2. The fourth-order valence-corrected chi connectivity index (χ4v) is 3.77. The number of amides is 1. The van der Waals surface area contributed by atoms with Gasteiger partial charge in [0.15, 0.2) is 5.65 Å². The van der Waals surface area contributed by atoms with E-state index < -0.39 is 18.6 Å². The van der Waals surface area contributed by atoms with Crippen LogP contribution in [0.3, 0.4) is 0 Å². The van der Waals surface area contributed by atoms with Crippen LogP contribution in [0.1, 0.15) is 4.88 Å². The first kappa shape index (κ1) is 19.8. The van der Waals surface area contributed by atoms with Crippen molar-refractivity contribution >= 4 is 22.9 Å². The number of carbonyl (C=O) groups is 1. The van der Waals surface area contributed by atoms with Crippen LogP contribution in [0, 0.1) is 0 Å². The molecule has 154 valence electrons. The van der Waals surface area contributed by atoms with Gasteiger partial charge in [-0.1, -0.05) is 0 Å². The Morgan fingerprint density at radius 2 is 2.03 bits per heavy atom. The molecule has 0 aliphatic rings. The number of fused-ring (bicyclic) bond motifs is 1. The van der Waals surface area contributed by atoms with Gasteiger partial charge in [-0.15, -0.1) is 11.3 Å². The van der Waals surface area contributed by atoms with E-state index >= 15 is 0 Å². The van der Waals surface area contributed by atoms with Crippen molar-refractivity contribution in [1.29, 1.82) is 0 Å². The van der Waals surface area contributed by atoms with E-state index in [0.717, 1.165) is 16.7 Å². The average Bonchev–Trinajstić information content (AvgIpc) is 3.32. The number of halogens is 3. The summed E-state index contributed by atoms with van der Waals surface area (Å²) in [6, 6.07) is 4.95. The van der Waals surface area contributed by atoms with Crippen LogP contribution in [0.5, 0.6) is 0 Å². The topological polar surface area (TPSA) is 92.2 Å². The maximum absolute atomic E-state index is 12.2. The van der Waals surface area contributed by atoms with Crippen LogP contribution < -0.4 is 10.9 Å². The molecular weight excluding hydrogens is 419 g/mol. The highest BCUT2D eigenvalue weighted by Crippen LogP contribution is 2.29. The zero-order chi connectivity index (χ0) is 21.3. The average molecular weight is 433 g/mol. The number of alkyl halides is 3. The van der Waals surface area contributed by atoms with Gasteiger partial charge in [0.2, 0.25) is 11.5 Å². The van der Waals surface area contributed by atoms with E-state index in [2.05, 4.69) is 15.1 Å². The Morgan fingerprint density at radius 3 is 2.80 bits per heavy atom. The fraction of sp³-hybridized carbons (Fsp3) is 0.158.